The predicted molar refractivity (Wildman–Crippen MR) is 56.0 cm³/mol. The van der Waals surface area contributed by atoms with Crippen molar-refractivity contribution in [2.45, 2.75) is 26.6 Å². The Morgan fingerprint density at radius 1 is 1.47 bits per heavy atom. The first-order chi connectivity index (χ1) is 7.16. The summed E-state index contributed by atoms with van der Waals surface area (Å²) in [7, 11) is 0. The van der Waals surface area contributed by atoms with Gasteiger partial charge in [0.15, 0.2) is 11.5 Å². The van der Waals surface area contributed by atoms with Gasteiger partial charge in [0.05, 0.1) is 6.10 Å². The topological polar surface area (TPSA) is 89.7 Å². The second-order valence-corrected chi connectivity index (χ2v) is 3.50. The van der Waals surface area contributed by atoms with E-state index < -0.39 is 0 Å². The zero-order chi connectivity index (χ0) is 10.8. The first kappa shape index (κ1) is 9.85. The number of nitrogen functional groups attached to an aromatic ring is 1. The molecule has 2 aromatic heterocycles. The molecule has 0 aliphatic rings. The average Bonchev–Trinajstić information content (AvgIpc) is 2.59. The number of aromatic amines is 1. The first-order valence-corrected chi connectivity index (χ1v) is 4.73. The van der Waals surface area contributed by atoms with Crippen LogP contribution in [-0.4, -0.2) is 26.0 Å². The smallest absolute Gasteiger partial charge is 0.183 e. The van der Waals surface area contributed by atoms with Crippen molar-refractivity contribution in [2.75, 3.05) is 5.73 Å². The van der Waals surface area contributed by atoms with Crippen molar-refractivity contribution in [3.63, 3.8) is 0 Å². The summed E-state index contributed by atoms with van der Waals surface area (Å²) < 4.78 is 5.41. The molecule has 2 aromatic rings. The summed E-state index contributed by atoms with van der Waals surface area (Å²) in [6.45, 7) is 4.36. The molecule has 6 nitrogen and oxygen atoms in total. The summed E-state index contributed by atoms with van der Waals surface area (Å²) >= 11 is 0. The number of hydrogen-bond acceptors (Lipinski definition) is 5. The number of fused-ring (bicyclic) bond motifs is 1. The third-order valence-electron chi connectivity index (χ3n) is 1.92. The largest absolute Gasteiger partial charge is 0.382 e. The molecule has 0 fully saturated rings. The lowest BCUT2D eigenvalue weighted by Gasteiger charge is -2.03. The molecular formula is C9H13N5O. The van der Waals surface area contributed by atoms with Crippen molar-refractivity contribution in [1.29, 1.82) is 0 Å². The van der Waals surface area contributed by atoms with Gasteiger partial charge >= 0.3 is 0 Å². The maximum absolute atomic E-state index is 5.66. The average molecular weight is 207 g/mol. The zero-order valence-electron chi connectivity index (χ0n) is 8.69. The molecule has 0 unspecified atom stereocenters. The van der Waals surface area contributed by atoms with Crippen LogP contribution in [0.2, 0.25) is 0 Å². The van der Waals surface area contributed by atoms with E-state index in [9.17, 15) is 0 Å². The molecule has 0 spiro atoms. The van der Waals surface area contributed by atoms with Crippen LogP contribution in [0.5, 0.6) is 0 Å². The quantitative estimate of drug-likeness (QED) is 0.779. The lowest BCUT2D eigenvalue weighted by molar-refractivity contribution is 0.0618. The van der Waals surface area contributed by atoms with Crippen LogP contribution in [-0.2, 0) is 11.3 Å². The van der Waals surface area contributed by atoms with Crippen molar-refractivity contribution < 1.29 is 4.74 Å². The highest BCUT2D eigenvalue weighted by Crippen LogP contribution is 2.13. The van der Waals surface area contributed by atoms with Crippen LogP contribution >= 0.6 is 0 Å². The highest BCUT2D eigenvalue weighted by molar-refractivity contribution is 5.80. The number of imidazole rings is 1. The minimum absolute atomic E-state index is 0.168. The van der Waals surface area contributed by atoms with Crippen molar-refractivity contribution in [3.8, 4) is 0 Å². The van der Waals surface area contributed by atoms with Gasteiger partial charge < -0.3 is 15.5 Å². The lowest BCUT2D eigenvalue weighted by atomic mass is 10.5. The third-order valence-corrected chi connectivity index (χ3v) is 1.92. The molecule has 3 N–H and O–H groups in total. The molecule has 0 aromatic carbocycles. The van der Waals surface area contributed by atoms with E-state index in [0.29, 0.717) is 29.4 Å². The van der Waals surface area contributed by atoms with Gasteiger partial charge in [-0.05, 0) is 13.8 Å². The number of rotatable bonds is 3. The summed E-state index contributed by atoms with van der Waals surface area (Å²) in [6.07, 6.45) is 1.56. The Morgan fingerprint density at radius 3 is 2.93 bits per heavy atom. The molecule has 0 aliphatic carbocycles. The molecule has 15 heavy (non-hydrogen) atoms. The molecule has 0 saturated carbocycles. The van der Waals surface area contributed by atoms with Gasteiger partial charge in [0.25, 0.3) is 0 Å². The van der Waals surface area contributed by atoms with Crippen LogP contribution < -0.4 is 5.73 Å². The third kappa shape index (κ3) is 2.04. The zero-order valence-corrected chi connectivity index (χ0v) is 8.69. The number of anilines is 1. The fraction of sp³-hybridized carbons (Fsp3) is 0.444. The fourth-order valence-electron chi connectivity index (χ4n) is 1.21. The molecule has 0 aliphatic heterocycles. The van der Waals surface area contributed by atoms with Gasteiger partial charge in [-0.25, -0.2) is 15.0 Å². The number of nitrogens with zero attached hydrogens (tertiary/aromatic N) is 3. The number of ether oxygens (including phenoxy) is 1. The molecule has 2 rings (SSSR count). The van der Waals surface area contributed by atoms with E-state index in [1.54, 1.807) is 0 Å². The van der Waals surface area contributed by atoms with Gasteiger partial charge in [-0.2, -0.15) is 0 Å². The number of aromatic nitrogens is 4. The Kier molecular flexibility index (Phi) is 2.51. The van der Waals surface area contributed by atoms with Crippen LogP contribution in [0.1, 0.15) is 19.7 Å². The number of H-pyrrole nitrogens is 1. The van der Waals surface area contributed by atoms with E-state index >= 15 is 0 Å². The van der Waals surface area contributed by atoms with E-state index in [1.165, 1.54) is 6.33 Å². The van der Waals surface area contributed by atoms with E-state index in [2.05, 4.69) is 19.9 Å². The first-order valence-electron chi connectivity index (χ1n) is 4.73. The maximum Gasteiger partial charge on any atom is 0.183 e. The molecule has 2 heterocycles. The highest BCUT2D eigenvalue weighted by atomic mass is 16.5. The van der Waals surface area contributed by atoms with E-state index in [-0.39, 0.29) is 6.10 Å². The summed E-state index contributed by atoms with van der Waals surface area (Å²) in [6, 6.07) is 0. The Hall–Kier alpha value is -1.69. The number of nitrogens with two attached hydrogens (primary N) is 1. The minimum atomic E-state index is 0.168. The Balaban J connectivity index is 2.27. The molecule has 0 amide bonds. The Bertz CT molecular complexity index is 464. The highest BCUT2D eigenvalue weighted by Gasteiger charge is 2.07. The van der Waals surface area contributed by atoms with Crippen LogP contribution in [0.3, 0.4) is 0 Å². The fourth-order valence-corrected chi connectivity index (χ4v) is 1.21. The van der Waals surface area contributed by atoms with Crippen LogP contribution in [0.15, 0.2) is 6.33 Å². The molecule has 0 atom stereocenters. The Morgan fingerprint density at radius 2 is 2.27 bits per heavy atom. The SMILES string of the molecule is CC(C)OCc1nc2ncnc(N)c2[nH]1. The Labute approximate surface area is 86.9 Å². The molecule has 6 heteroatoms. The van der Waals surface area contributed by atoms with Gasteiger partial charge in [-0.3, -0.25) is 0 Å². The monoisotopic (exact) mass is 207 g/mol. The standard InChI is InChI=1S/C9H13N5O/c1-5(2)15-3-6-13-7-8(10)11-4-12-9(7)14-6/h4-5H,3H2,1-2H3,(H3,10,11,12,13,14). The summed E-state index contributed by atoms with van der Waals surface area (Å²) in [5.41, 5.74) is 6.90. The van der Waals surface area contributed by atoms with Crippen molar-refractivity contribution in [1.82, 2.24) is 19.9 Å². The predicted octanol–water partition coefficient (Wildman–Crippen LogP) is 0.860. The van der Waals surface area contributed by atoms with E-state index in [0.717, 1.165) is 0 Å². The molecular weight excluding hydrogens is 194 g/mol. The van der Waals surface area contributed by atoms with E-state index in [4.69, 9.17) is 10.5 Å². The lowest BCUT2D eigenvalue weighted by Crippen LogP contribution is -2.03. The maximum atomic E-state index is 5.66. The molecule has 0 saturated heterocycles. The summed E-state index contributed by atoms with van der Waals surface area (Å²) in [5.74, 6) is 1.12. The minimum Gasteiger partial charge on any atom is -0.382 e. The molecule has 0 bridgehead atoms. The van der Waals surface area contributed by atoms with Crippen molar-refractivity contribution in [2.24, 2.45) is 0 Å². The second kappa shape index (κ2) is 3.82. The number of nitrogens with one attached hydrogen (secondary N) is 1. The normalized spacial score (nSPS) is 11.4. The van der Waals surface area contributed by atoms with Crippen LogP contribution in [0.25, 0.3) is 11.2 Å². The van der Waals surface area contributed by atoms with E-state index in [1.807, 2.05) is 13.8 Å². The van der Waals surface area contributed by atoms with Gasteiger partial charge in [-0.1, -0.05) is 0 Å². The van der Waals surface area contributed by atoms with Gasteiger partial charge in [0.1, 0.15) is 24.3 Å². The summed E-state index contributed by atoms with van der Waals surface area (Å²) in [5, 5.41) is 0. The van der Waals surface area contributed by atoms with Crippen molar-refractivity contribution in [3.05, 3.63) is 12.2 Å². The molecule has 0 radical (unpaired) electrons. The van der Waals surface area contributed by atoms with Gasteiger partial charge in [0.2, 0.25) is 0 Å². The van der Waals surface area contributed by atoms with Gasteiger partial charge in [0, 0.05) is 0 Å². The van der Waals surface area contributed by atoms with Gasteiger partial charge in [-0.15, -0.1) is 0 Å². The van der Waals surface area contributed by atoms with Crippen LogP contribution in [0.4, 0.5) is 5.82 Å². The molecule has 80 valence electrons. The summed E-state index contributed by atoms with van der Waals surface area (Å²) in [4.78, 5) is 15.1. The number of hydrogen-bond donors (Lipinski definition) is 2. The second-order valence-electron chi connectivity index (χ2n) is 3.50. The van der Waals surface area contributed by atoms with Crippen molar-refractivity contribution >= 4 is 17.0 Å². The van der Waals surface area contributed by atoms with Crippen LogP contribution in [0, 0.1) is 0 Å².